The lowest BCUT2D eigenvalue weighted by Gasteiger charge is -2.48. The molecule has 0 unspecified atom stereocenters. The van der Waals surface area contributed by atoms with Crippen molar-refractivity contribution >= 4 is 6.08 Å². The van der Waals surface area contributed by atoms with Gasteiger partial charge in [-0.15, -0.1) is 0 Å². The molecular formula is C19H29NO3. The largest absolute Gasteiger partial charge is 0.465 e. The van der Waals surface area contributed by atoms with Gasteiger partial charge in [0.05, 0.1) is 11.9 Å². The molecule has 0 spiro atoms. The number of piperidine rings is 1. The van der Waals surface area contributed by atoms with Crippen molar-refractivity contribution in [2.24, 2.45) is 11.8 Å². The lowest BCUT2D eigenvalue weighted by Crippen LogP contribution is -2.56. The summed E-state index contributed by atoms with van der Waals surface area (Å²) in [5.74, 6) is 1.61. The molecule has 23 heavy (non-hydrogen) atoms. The van der Waals surface area contributed by atoms with Crippen molar-refractivity contribution < 1.29 is 14.3 Å². The zero-order valence-electron chi connectivity index (χ0n) is 14.3. The molecule has 0 aliphatic carbocycles. The maximum absolute atomic E-state index is 11.2. The highest BCUT2D eigenvalue weighted by Gasteiger charge is 2.45. The van der Waals surface area contributed by atoms with E-state index in [1.807, 2.05) is 12.1 Å². The number of rotatable bonds is 4. The van der Waals surface area contributed by atoms with E-state index in [9.17, 15) is 5.11 Å². The summed E-state index contributed by atoms with van der Waals surface area (Å²) >= 11 is 0. The Morgan fingerprint density at radius 1 is 1.43 bits per heavy atom. The van der Waals surface area contributed by atoms with Crippen LogP contribution in [0.15, 0.2) is 28.4 Å². The van der Waals surface area contributed by atoms with Gasteiger partial charge in [0, 0.05) is 32.8 Å². The second-order valence-corrected chi connectivity index (χ2v) is 7.27. The molecule has 128 valence electrons. The summed E-state index contributed by atoms with van der Waals surface area (Å²) in [7, 11) is 0. The minimum absolute atomic E-state index is 0.302. The summed E-state index contributed by atoms with van der Waals surface area (Å²) in [6, 6.07) is 3.89. The van der Waals surface area contributed by atoms with Gasteiger partial charge in [-0.3, -0.25) is 4.90 Å². The summed E-state index contributed by atoms with van der Waals surface area (Å²) in [5.41, 5.74) is 0.780. The van der Waals surface area contributed by atoms with Crippen molar-refractivity contribution in [1.82, 2.24) is 4.90 Å². The molecule has 0 bridgehead atoms. The van der Waals surface area contributed by atoms with Gasteiger partial charge in [-0.25, -0.2) is 0 Å². The Bertz CT molecular complexity index is 519. The first-order chi connectivity index (χ1) is 11.1. The van der Waals surface area contributed by atoms with Crippen LogP contribution in [0.5, 0.6) is 0 Å². The summed E-state index contributed by atoms with van der Waals surface area (Å²) in [6.45, 7) is 8.80. The fourth-order valence-corrected chi connectivity index (χ4v) is 4.18. The number of aliphatic hydroxyl groups is 1. The average molecular weight is 319 g/mol. The normalized spacial score (nSPS) is 31.4. The molecule has 0 radical (unpaired) electrons. The van der Waals surface area contributed by atoms with Crippen LogP contribution in [0.1, 0.15) is 38.9 Å². The van der Waals surface area contributed by atoms with Crippen LogP contribution in [-0.2, 0) is 4.74 Å². The SMILES string of the molecule is C/C(=C\c1ccco1)CN1CC[C@@](O)(C2CCOCC2)[C@H](C)C1. The van der Waals surface area contributed by atoms with Gasteiger partial charge in [-0.1, -0.05) is 12.5 Å². The molecule has 2 aliphatic heterocycles. The molecule has 1 aromatic heterocycles. The van der Waals surface area contributed by atoms with Crippen molar-refractivity contribution in [1.29, 1.82) is 0 Å². The number of likely N-dealkylation sites (tertiary alicyclic amines) is 1. The highest BCUT2D eigenvalue weighted by atomic mass is 16.5. The molecular weight excluding hydrogens is 290 g/mol. The van der Waals surface area contributed by atoms with E-state index in [1.54, 1.807) is 6.26 Å². The fourth-order valence-electron chi connectivity index (χ4n) is 4.18. The van der Waals surface area contributed by atoms with Crippen molar-refractivity contribution in [2.75, 3.05) is 32.8 Å². The summed E-state index contributed by atoms with van der Waals surface area (Å²) in [4.78, 5) is 2.45. The molecule has 2 saturated heterocycles. The second-order valence-electron chi connectivity index (χ2n) is 7.27. The number of nitrogens with zero attached hydrogens (tertiary/aromatic N) is 1. The molecule has 0 saturated carbocycles. The minimum Gasteiger partial charge on any atom is -0.465 e. The van der Waals surface area contributed by atoms with Gasteiger partial charge in [-0.05, 0) is 56.2 Å². The summed E-state index contributed by atoms with van der Waals surface area (Å²) in [5, 5.41) is 11.2. The predicted octanol–water partition coefficient (Wildman–Crippen LogP) is 3.18. The molecule has 0 aromatic carbocycles. The van der Waals surface area contributed by atoms with Gasteiger partial charge in [0.15, 0.2) is 0 Å². The molecule has 4 heteroatoms. The molecule has 0 amide bonds. The van der Waals surface area contributed by atoms with Crippen LogP contribution in [-0.4, -0.2) is 48.5 Å². The first-order valence-electron chi connectivity index (χ1n) is 8.81. The second kappa shape index (κ2) is 7.20. The maximum Gasteiger partial charge on any atom is 0.126 e. The Morgan fingerprint density at radius 3 is 2.87 bits per heavy atom. The van der Waals surface area contributed by atoms with Gasteiger partial charge in [0.25, 0.3) is 0 Å². The third-order valence-electron chi connectivity index (χ3n) is 5.55. The van der Waals surface area contributed by atoms with E-state index in [2.05, 4.69) is 24.8 Å². The Labute approximate surface area is 139 Å². The van der Waals surface area contributed by atoms with Crippen molar-refractivity contribution in [3.63, 3.8) is 0 Å². The van der Waals surface area contributed by atoms with Crippen molar-refractivity contribution in [3.05, 3.63) is 29.7 Å². The van der Waals surface area contributed by atoms with Crippen LogP contribution in [0.3, 0.4) is 0 Å². The minimum atomic E-state index is -0.515. The van der Waals surface area contributed by atoms with Crippen LogP contribution in [0, 0.1) is 11.8 Å². The first-order valence-corrected chi connectivity index (χ1v) is 8.81. The van der Waals surface area contributed by atoms with Gasteiger partial charge >= 0.3 is 0 Å². The number of hydrogen-bond acceptors (Lipinski definition) is 4. The van der Waals surface area contributed by atoms with E-state index in [1.165, 1.54) is 5.57 Å². The zero-order valence-corrected chi connectivity index (χ0v) is 14.3. The summed E-state index contributed by atoms with van der Waals surface area (Å²) in [6.07, 6.45) is 6.67. The fraction of sp³-hybridized carbons (Fsp3) is 0.684. The average Bonchev–Trinajstić information content (AvgIpc) is 3.05. The molecule has 2 atom stereocenters. The number of furan rings is 1. The Hall–Kier alpha value is -1.10. The third-order valence-corrected chi connectivity index (χ3v) is 5.55. The summed E-state index contributed by atoms with van der Waals surface area (Å²) < 4.78 is 10.8. The molecule has 3 heterocycles. The maximum atomic E-state index is 11.2. The Kier molecular flexibility index (Phi) is 5.24. The van der Waals surface area contributed by atoms with Crippen LogP contribution in [0.25, 0.3) is 6.08 Å². The van der Waals surface area contributed by atoms with Gasteiger partial charge in [0.1, 0.15) is 5.76 Å². The van der Waals surface area contributed by atoms with Crippen LogP contribution in [0.2, 0.25) is 0 Å². The van der Waals surface area contributed by atoms with Gasteiger partial charge in [-0.2, -0.15) is 0 Å². The van der Waals surface area contributed by atoms with E-state index in [0.29, 0.717) is 11.8 Å². The molecule has 3 rings (SSSR count). The Balaban J connectivity index is 1.57. The predicted molar refractivity (Wildman–Crippen MR) is 91.1 cm³/mol. The quantitative estimate of drug-likeness (QED) is 0.926. The lowest BCUT2D eigenvalue weighted by atomic mass is 9.70. The highest BCUT2D eigenvalue weighted by molar-refractivity contribution is 5.46. The molecule has 1 aromatic rings. The zero-order chi connectivity index (χ0) is 16.3. The smallest absolute Gasteiger partial charge is 0.126 e. The van der Waals surface area contributed by atoms with E-state index in [-0.39, 0.29) is 0 Å². The van der Waals surface area contributed by atoms with Crippen LogP contribution >= 0.6 is 0 Å². The topological polar surface area (TPSA) is 45.8 Å². The lowest BCUT2D eigenvalue weighted by molar-refractivity contribution is -0.129. The molecule has 4 nitrogen and oxygen atoms in total. The third kappa shape index (κ3) is 3.87. The molecule has 2 aliphatic rings. The van der Waals surface area contributed by atoms with Crippen LogP contribution < -0.4 is 0 Å². The number of hydrogen-bond donors (Lipinski definition) is 1. The van der Waals surface area contributed by atoms with Crippen LogP contribution in [0.4, 0.5) is 0 Å². The van der Waals surface area contributed by atoms with E-state index in [4.69, 9.17) is 9.15 Å². The highest BCUT2D eigenvalue weighted by Crippen LogP contribution is 2.39. The first kappa shape index (κ1) is 16.7. The van der Waals surface area contributed by atoms with E-state index < -0.39 is 5.60 Å². The Morgan fingerprint density at radius 2 is 2.22 bits per heavy atom. The molecule has 2 fully saturated rings. The van der Waals surface area contributed by atoms with Crippen molar-refractivity contribution in [3.8, 4) is 0 Å². The molecule has 1 N–H and O–H groups in total. The standard InChI is InChI=1S/C19H29NO3/c1-15(12-18-4-3-9-23-18)13-20-8-7-19(21,16(2)14-20)17-5-10-22-11-6-17/h3-4,9,12,16-17,21H,5-8,10-11,13-14H2,1-2H3/b15-12+/t16-,19+/m1/s1. The van der Waals surface area contributed by atoms with E-state index >= 15 is 0 Å². The van der Waals surface area contributed by atoms with Gasteiger partial charge in [0.2, 0.25) is 0 Å². The monoisotopic (exact) mass is 319 g/mol. The van der Waals surface area contributed by atoms with E-state index in [0.717, 1.165) is 57.9 Å². The van der Waals surface area contributed by atoms with Crippen molar-refractivity contribution in [2.45, 2.75) is 38.7 Å². The number of ether oxygens (including phenoxy) is 1. The van der Waals surface area contributed by atoms with Gasteiger partial charge < -0.3 is 14.3 Å².